The van der Waals surface area contributed by atoms with Crippen LogP contribution < -0.4 is 9.47 Å². The maximum Gasteiger partial charge on any atom is 0.303 e. The van der Waals surface area contributed by atoms with Crippen molar-refractivity contribution in [2.24, 2.45) is 0 Å². The minimum Gasteiger partial charge on any atom is -0.493 e. The summed E-state index contributed by atoms with van der Waals surface area (Å²) in [5.74, 6) is -0.882. The highest BCUT2D eigenvalue weighted by atomic mass is 19.1. The molecule has 0 saturated heterocycles. The lowest BCUT2D eigenvalue weighted by Crippen LogP contribution is -2.07. The summed E-state index contributed by atoms with van der Waals surface area (Å²) >= 11 is 0. The molecule has 2 N–H and O–H groups in total. The number of pyridine rings is 1. The van der Waals surface area contributed by atoms with Crippen molar-refractivity contribution >= 4 is 11.9 Å². The number of carboxylic acid groups (broad SMARTS) is 2. The van der Waals surface area contributed by atoms with Gasteiger partial charge in [-0.1, -0.05) is 55.3 Å². The highest BCUT2D eigenvalue weighted by molar-refractivity contribution is 5.72. The average molecular weight is 600 g/mol. The van der Waals surface area contributed by atoms with Gasteiger partial charge in [0.1, 0.15) is 11.6 Å². The SMILES string of the molecule is O=C(O)CCCOc1cccc(CCCCCCOc2cc(-c3ccccc3)cc(-c3ccc(F)cc3)n2)c1CCC(=O)O. The van der Waals surface area contributed by atoms with Gasteiger partial charge in [0.05, 0.1) is 18.9 Å². The van der Waals surface area contributed by atoms with E-state index in [0.29, 0.717) is 36.8 Å². The third kappa shape index (κ3) is 10.2. The van der Waals surface area contributed by atoms with Crippen LogP contribution in [-0.4, -0.2) is 40.3 Å². The third-order valence-electron chi connectivity index (χ3n) is 7.25. The van der Waals surface area contributed by atoms with E-state index in [9.17, 15) is 19.1 Å². The van der Waals surface area contributed by atoms with Crippen LogP contribution in [0.25, 0.3) is 22.4 Å². The van der Waals surface area contributed by atoms with Gasteiger partial charge in [-0.15, -0.1) is 0 Å². The number of rotatable bonds is 18. The molecule has 0 saturated carbocycles. The van der Waals surface area contributed by atoms with E-state index in [4.69, 9.17) is 14.6 Å². The standard InChI is InChI=1S/C36H38FNO6/c37-30-18-16-28(17-19-30)32-24-29(26-10-5-3-6-11-26)25-34(38-32)44-22-7-2-1-4-12-27-13-8-14-33(31(27)20-21-36(41)42)43-23-9-15-35(39)40/h3,5-6,8,10-11,13-14,16-19,24-25H,1-2,4,7,9,12,15,20-23H2,(H,39,40)(H,41,42). The second-order valence-electron chi connectivity index (χ2n) is 10.6. The number of hydrogen-bond donors (Lipinski definition) is 2. The molecule has 0 atom stereocenters. The molecule has 0 aliphatic carbocycles. The van der Waals surface area contributed by atoms with Crippen molar-refractivity contribution in [1.82, 2.24) is 4.98 Å². The highest BCUT2D eigenvalue weighted by Crippen LogP contribution is 2.29. The summed E-state index contributed by atoms with van der Waals surface area (Å²) in [6.07, 6.45) is 5.29. The number of halogens is 1. The van der Waals surface area contributed by atoms with Crippen LogP contribution in [0, 0.1) is 5.82 Å². The molecule has 0 radical (unpaired) electrons. The van der Waals surface area contributed by atoms with Crippen molar-refractivity contribution in [2.75, 3.05) is 13.2 Å². The lowest BCUT2D eigenvalue weighted by atomic mass is 9.97. The first kappa shape index (κ1) is 32.2. The molecule has 7 nitrogen and oxygen atoms in total. The number of benzene rings is 3. The Balaban J connectivity index is 1.30. The van der Waals surface area contributed by atoms with Crippen LogP contribution in [0.2, 0.25) is 0 Å². The van der Waals surface area contributed by atoms with Gasteiger partial charge in [0.15, 0.2) is 0 Å². The summed E-state index contributed by atoms with van der Waals surface area (Å²) in [6.45, 7) is 0.780. The second-order valence-corrected chi connectivity index (χ2v) is 10.6. The Morgan fingerprint density at radius 1 is 0.659 bits per heavy atom. The summed E-state index contributed by atoms with van der Waals surface area (Å²) in [5, 5.41) is 18.1. The Hall–Kier alpha value is -4.72. The van der Waals surface area contributed by atoms with Crippen molar-refractivity contribution in [3.63, 3.8) is 0 Å². The summed E-state index contributed by atoms with van der Waals surface area (Å²) in [6, 6.07) is 25.9. The molecular weight excluding hydrogens is 561 g/mol. The molecule has 1 heterocycles. The molecule has 1 aromatic heterocycles. The van der Waals surface area contributed by atoms with Gasteiger partial charge in [-0.05, 0) is 90.8 Å². The summed E-state index contributed by atoms with van der Waals surface area (Å²) < 4.78 is 25.4. The van der Waals surface area contributed by atoms with Crippen molar-refractivity contribution in [3.8, 4) is 34.0 Å². The molecule has 230 valence electrons. The van der Waals surface area contributed by atoms with E-state index in [1.54, 1.807) is 12.1 Å². The molecule has 0 fully saturated rings. The Morgan fingerprint density at radius 2 is 1.39 bits per heavy atom. The van der Waals surface area contributed by atoms with E-state index in [-0.39, 0.29) is 25.3 Å². The lowest BCUT2D eigenvalue weighted by molar-refractivity contribution is -0.138. The lowest BCUT2D eigenvalue weighted by Gasteiger charge is -2.15. The van der Waals surface area contributed by atoms with E-state index in [1.165, 1.54) is 12.1 Å². The van der Waals surface area contributed by atoms with E-state index >= 15 is 0 Å². The number of aliphatic carboxylic acids is 2. The second kappa shape index (κ2) is 16.8. The van der Waals surface area contributed by atoms with Crippen LogP contribution >= 0.6 is 0 Å². The first-order chi connectivity index (χ1) is 21.4. The fourth-order valence-electron chi connectivity index (χ4n) is 4.99. The zero-order valence-electron chi connectivity index (χ0n) is 24.7. The maximum atomic E-state index is 13.5. The monoisotopic (exact) mass is 599 g/mol. The van der Waals surface area contributed by atoms with E-state index < -0.39 is 11.9 Å². The van der Waals surface area contributed by atoms with Crippen LogP contribution in [0.4, 0.5) is 4.39 Å². The minimum absolute atomic E-state index is 0.00220. The summed E-state index contributed by atoms with van der Waals surface area (Å²) in [7, 11) is 0. The number of aryl methyl sites for hydroxylation is 1. The molecule has 3 aromatic carbocycles. The van der Waals surface area contributed by atoms with Gasteiger partial charge < -0.3 is 19.7 Å². The zero-order valence-corrected chi connectivity index (χ0v) is 24.7. The Morgan fingerprint density at radius 3 is 2.14 bits per heavy atom. The summed E-state index contributed by atoms with van der Waals surface area (Å²) in [5.41, 5.74) is 5.49. The molecule has 4 aromatic rings. The molecule has 0 aliphatic rings. The van der Waals surface area contributed by atoms with E-state index in [0.717, 1.165) is 59.9 Å². The number of carbonyl (C=O) groups is 2. The number of unbranched alkanes of at least 4 members (excludes halogenated alkanes) is 3. The molecule has 0 bridgehead atoms. The number of aromatic nitrogens is 1. The smallest absolute Gasteiger partial charge is 0.303 e. The number of ether oxygens (including phenoxy) is 2. The fourth-order valence-corrected chi connectivity index (χ4v) is 4.99. The van der Waals surface area contributed by atoms with Crippen LogP contribution in [0.1, 0.15) is 56.1 Å². The Labute approximate surface area is 257 Å². The topological polar surface area (TPSA) is 106 Å². The Kier molecular flexibility index (Phi) is 12.3. The predicted octanol–water partition coefficient (Wildman–Crippen LogP) is 8.00. The number of nitrogens with zero attached hydrogens (tertiary/aromatic N) is 1. The number of hydrogen-bond acceptors (Lipinski definition) is 5. The van der Waals surface area contributed by atoms with Gasteiger partial charge in [-0.2, -0.15) is 0 Å². The number of carboxylic acids is 2. The molecule has 0 aliphatic heterocycles. The molecule has 4 rings (SSSR count). The molecule has 0 spiro atoms. The van der Waals surface area contributed by atoms with E-state index in [1.807, 2.05) is 60.7 Å². The highest BCUT2D eigenvalue weighted by Gasteiger charge is 2.13. The van der Waals surface area contributed by atoms with Gasteiger partial charge in [0, 0.05) is 24.5 Å². The average Bonchev–Trinajstić information content (AvgIpc) is 3.02. The van der Waals surface area contributed by atoms with Gasteiger partial charge in [0.2, 0.25) is 5.88 Å². The fraction of sp³-hybridized carbons (Fsp3) is 0.306. The Bertz CT molecular complexity index is 1510. The van der Waals surface area contributed by atoms with E-state index in [2.05, 4.69) is 4.98 Å². The first-order valence-electron chi connectivity index (χ1n) is 15.0. The molecule has 44 heavy (non-hydrogen) atoms. The van der Waals surface area contributed by atoms with Crippen molar-refractivity contribution in [1.29, 1.82) is 0 Å². The quantitative estimate of drug-likeness (QED) is 0.112. The molecule has 8 heteroatoms. The van der Waals surface area contributed by atoms with Gasteiger partial charge in [-0.25, -0.2) is 9.37 Å². The molecular formula is C36H38FNO6. The first-order valence-corrected chi connectivity index (χ1v) is 15.0. The van der Waals surface area contributed by atoms with Crippen LogP contribution in [-0.2, 0) is 22.4 Å². The van der Waals surface area contributed by atoms with Crippen molar-refractivity contribution in [3.05, 3.63) is 102 Å². The van der Waals surface area contributed by atoms with Crippen molar-refractivity contribution in [2.45, 2.75) is 57.8 Å². The van der Waals surface area contributed by atoms with Gasteiger partial charge in [-0.3, -0.25) is 9.59 Å². The maximum absolute atomic E-state index is 13.5. The van der Waals surface area contributed by atoms with Crippen molar-refractivity contribution < 1.29 is 33.7 Å². The van der Waals surface area contributed by atoms with Gasteiger partial charge >= 0.3 is 11.9 Å². The normalized spacial score (nSPS) is 10.8. The summed E-state index contributed by atoms with van der Waals surface area (Å²) in [4.78, 5) is 26.7. The zero-order chi connectivity index (χ0) is 31.1. The van der Waals surface area contributed by atoms with Crippen LogP contribution in [0.15, 0.2) is 84.9 Å². The predicted molar refractivity (Wildman–Crippen MR) is 167 cm³/mol. The van der Waals surface area contributed by atoms with Crippen LogP contribution in [0.3, 0.4) is 0 Å². The molecule has 0 unspecified atom stereocenters. The minimum atomic E-state index is -0.870. The largest absolute Gasteiger partial charge is 0.493 e. The van der Waals surface area contributed by atoms with Crippen LogP contribution in [0.5, 0.6) is 11.6 Å². The van der Waals surface area contributed by atoms with Gasteiger partial charge in [0.25, 0.3) is 0 Å². The molecule has 0 amide bonds. The third-order valence-corrected chi connectivity index (χ3v) is 7.25.